The van der Waals surface area contributed by atoms with E-state index in [1.54, 1.807) is 0 Å². The molecule has 0 radical (unpaired) electrons. The Hall–Kier alpha value is -4.86. The van der Waals surface area contributed by atoms with Gasteiger partial charge < -0.3 is 10.1 Å². The van der Waals surface area contributed by atoms with Crippen LogP contribution in [0.25, 0.3) is 0 Å². The van der Waals surface area contributed by atoms with Gasteiger partial charge in [-0.1, -0.05) is 36.4 Å². The van der Waals surface area contributed by atoms with E-state index in [4.69, 9.17) is 4.74 Å². The summed E-state index contributed by atoms with van der Waals surface area (Å²) in [7, 11) is 0. The first-order valence-electron chi connectivity index (χ1n) is 12.6. The molecule has 0 aromatic heterocycles. The third-order valence-corrected chi connectivity index (χ3v) is 7.23. The number of anilines is 2. The van der Waals surface area contributed by atoms with E-state index in [1.807, 2.05) is 18.2 Å². The average Bonchev–Trinajstić information content (AvgIpc) is 3.21. The molecule has 39 heavy (non-hydrogen) atoms. The summed E-state index contributed by atoms with van der Waals surface area (Å²) in [6.07, 6.45) is 2.12. The number of nitrogens with zero attached hydrogens (tertiary/aromatic N) is 2. The number of benzene rings is 3. The first-order chi connectivity index (χ1) is 18.8. The zero-order valence-corrected chi connectivity index (χ0v) is 20.8. The quantitative estimate of drug-likeness (QED) is 0.207. The minimum absolute atomic E-state index is 0.141. The highest BCUT2D eigenvalue weighted by Gasteiger charge is 2.50. The van der Waals surface area contributed by atoms with Crippen molar-refractivity contribution in [3.63, 3.8) is 0 Å². The second-order valence-electron chi connectivity index (χ2n) is 9.62. The molecule has 1 aliphatic heterocycles. The predicted octanol–water partition coefficient (Wildman–Crippen LogP) is 4.46. The molecule has 3 aromatic rings. The summed E-state index contributed by atoms with van der Waals surface area (Å²) in [6, 6.07) is 21.3. The fourth-order valence-electron chi connectivity index (χ4n) is 5.32. The maximum atomic E-state index is 13.3. The maximum absolute atomic E-state index is 13.3. The van der Waals surface area contributed by atoms with Gasteiger partial charge >= 0.3 is 5.97 Å². The summed E-state index contributed by atoms with van der Waals surface area (Å²) in [5.41, 5.74) is 1.72. The lowest BCUT2D eigenvalue weighted by Crippen LogP contribution is -2.30. The van der Waals surface area contributed by atoms with Crippen molar-refractivity contribution in [1.82, 2.24) is 0 Å². The van der Waals surface area contributed by atoms with Gasteiger partial charge in [0.15, 0.2) is 6.61 Å². The van der Waals surface area contributed by atoms with Crippen LogP contribution in [-0.2, 0) is 19.1 Å². The molecule has 1 aliphatic carbocycles. The monoisotopic (exact) mass is 527 g/mol. The number of imide groups is 1. The van der Waals surface area contributed by atoms with Crippen molar-refractivity contribution >= 4 is 40.8 Å². The van der Waals surface area contributed by atoms with Crippen LogP contribution < -0.4 is 10.2 Å². The maximum Gasteiger partial charge on any atom is 0.338 e. The Morgan fingerprint density at radius 3 is 2.36 bits per heavy atom. The number of ether oxygens (including phenoxy) is 1. The Labute approximate surface area is 223 Å². The molecule has 1 N–H and O–H groups in total. The van der Waals surface area contributed by atoms with E-state index < -0.39 is 23.4 Å². The molecule has 10 nitrogen and oxygen atoms in total. The highest BCUT2D eigenvalue weighted by atomic mass is 16.6. The zero-order valence-electron chi connectivity index (χ0n) is 20.8. The smallest absolute Gasteiger partial charge is 0.338 e. The van der Waals surface area contributed by atoms with Crippen molar-refractivity contribution in [2.75, 3.05) is 16.8 Å². The zero-order chi connectivity index (χ0) is 27.5. The number of esters is 1. The Bertz CT molecular complexity index is 1440. The summed E-state index contributed by atoms with van der Waals surface area (Å²) < 4.78 is 5.05. The number of nitro benzene ring substituents is 1. The predicted molar refractivity (Wildman–Crippen MR) is 141 cm³/mol. The summed E-state index contributed by atoms with van der Waals surface area (Å²) in [4.78, 5) is 62.5. The summed E-state index contributed by atoms with van der Waals surface area (Å²) in [5, 5.41) is 13.3. The summed E-state index contributed by atoms with van der Waals surface area (Å²) in [5.74, 6) is -2.35. The number of fused-ring (bicyclic) bond motifs is 1. The third-order valence-electron chi connectivity index (χ3n) is 7.23. The standard InChI is InChI=1S/C29H25N3O7/c33-26(30-21-7-4-8-23(16-21)32(37)38)17-39-29(36)19-9-12-22(13-10-19)31-27(34)24-14-11-20(15-25(24)28(31)35)18-5-2-1-3-6-18/h1-10,12-13,16,20,24-25H,11,14-15,17H2,(H,30,33)/t20-,24-,25+/m1/s1. The second kappa shape index (κ2) is 10.9. The van der Waals surface area contributed by atoms with Crippen LogP contribution >= 0.6 is 0 Å². The molecule has 1 saturated carbocycles. The number of amides is 3. The Balaban J connectivity index is 1.19. The largest absolute Gasteiger partial charge is 0.452 e. The van der Waals surface area contributed by atoms with Gasteiger partial charge in [0.05, 0.1) is 28.0 Å². The van der Waals surface area contributed by atoms with Gasteiger partial charge in [0.25, 0.3) is 11.6 Å². The van der Waals surface area contributed by atoms with Crippen LogP contribution in [0, 0.1) is 22.0 Å². The van der Waals surface area contributed by atoms with Crippen LogP contribution in [0.3, 0.4) is 0 Å². The molecule has 198 valence electrons. The highest BCUT2D eigenvalue weighted by molar-refractivity contribution is 6.22. The summed E-state index contributed by atoms with van der Waals surface area (Å²) >= 11 is 0. The Kier molecular flexibility index (Phi) is 7.18. The first kappa shape index (κ1) is 25.8. The topological polar surface area (TPSA) is 136 Å². The SMILES string of the molecule is O=C(COC(=O)c1ccc(N2C(=O)[C@H]3C[C@H](c4ccccc4)CC[C@H]3C2=O)cc1)Nc1cccc([N+](=O)[O-])c1. The molecule has 10 heteroatoms. The van der Waals surface area contributed by atoms with Gasteiger partial charge in [0.2, 0.25) is 11.8 Å². The van der Waals surface area contributed by atoms with E-state index in [9.17, 15) is 29.3 Å². The number of hydrogen-bond acceptors (Lipinski definition) is 7. The molecule has 5 rings (SSSR count). The van der Waals surface area contributed by atoms with Gasteiger partial charge in [-0.15, -0.1) is 0 Å². The molecule has 1 heterocycles. The van der Waals surface area contributed by atoms with Gasteiger partial charge in [-0.05, 0) is 61.1 Å². The number of non-ortho nitro benzene ring substituents is 1. The number of carbonyl (C=O) groups is 4. The van der Waals surface area contributed by atoms with E-state index in [0.717, 1.165) is 6.42 Å². The van der Waals surface area contributed by atoms with E-state index in [1.165, 1.54) is 59.0 Å². The van der Waals surface area contributed by atoms with E-state index >= 15 is 0 Å². The minimum atomic E-state index is -0.769. The van der Waals surface area contributed by atoms with Crippen LogP contribution in [0.5, 0.6) is 0 Å². The van der Waals surface area contributed by atoms with Gasteiger partial charge in [0, 0.05) is 17.8 Å². The molecule has 0 bridgehead atoms. The number of nitrogens with one attached hydrogen (secondary N) is 1. The molecule has 3 amide bonds. The van der Waals surface area contributed by atoms with Gasteiger partial charge in [-0.25, -0.2) is 4.79 Å². The molecule has 3 atom stereocenters. The molecular weight excluding hydrogens is 502 g/mol. The molecule has 2 aliphatic rings. The van der Waals surface area contributed by atoms with Crippen molar-refractivity contribution in [2.24, 2.45) is 11.8 Å². The van der Waals surface area contributed by atoms with Crippen LogP contribution in [0.15, 0.2) is 78.9 Å². The average molecular weight is 528 g/mol. The lowest BCUT2D eigenvalue weighted by molar-refractivity contribution is -0.384. The van der Waals surface area contributed by atoms with Gasteiger partial charge in [-0.3, -0.25) is 29.4 Å². The normalized spacial score (nSPS) is 20.3. The number of carbonyl (C=O) groups excluding carboxylic acids is 4. The van der Waals surface area contributed by atoms with Crippen molar-refractivity contribution in [2.45, 2.75) is 25.2 Å². The molecule has 0 unspecified atom stereocenters. The minimum Gasteiger partial charge on any atom is -0.452 e. The van der Waals surface area contributed by atoms with Crippen LogP contribution in [0.1, 0.15) is 41.1 Å². The number of nitro groups is 1. The van der Waals surface area contributed by atoms with Gasteiger partial charge in [-0.2, -0.15) is 0 Å². The lowest BCUT2D eigenvalue weighted by Gasteiger charge is -2.28. The highest BCUT2D eigenvalue weighted by Crippen LogP contribution is 2.45. The third kappa shape index (κ3) is 5.40. The van der Waals surface area contributed by atoms with Crippen molar-refractivity contribution in [1.29, 1.82) is 0 Å². The van der Waals surface area contributed by atoms with Gasteiger partial charge in [0.1, 0.15) is 0 Å². The fourth-order valence-corrected chi connectivity index (χ4v) is 5.32. The molecule has 0 spiro atoms. The molecule has 1 saturated heterocycles. The second-order valence-corrected chi connectivity index (χ2v) is 9.62. The Morgan fingerprint density at radius 1 is 0.923 bits per heavy atom. The molecule has 2 fully saturated rings. The van der Waals surface area contributed by atoms with E-state index in [0.29, 0.717) is 18.5 Å². The van der Waals surface area contributed by atoms with Crippen molar-refractivity contribution in [3.8, 4) is 0 Å². The molecule has 3 aromatic carbocycles. The number of rotatable bonds is 7. The van der Waals surface area contributed by atoms with Crippen LogP contribution in [-0.4, -0.2) is 35.2 Å². The first-order valence-corrected chi connectivity index (χ1v) is 12.6. The van der Waals surface area contributed by atoms with E-state index in [2.05, 4.69) is 17.4 Å². The number of hydrogen-bond donors (Lipinski definition) is 1. The fraction of sp³-hybridized carbons (Fsp3) is 0.241. The van der Waals surface area contributed by atoms with E-state index in [-0.39, 0.29) is 46.5 Å². The van der Waals surface area contributed by atoms with Crippen LogP contribution in [0.2, 0.25) is 0 Å². The van der Waals surface area contributed by atoms with Crippen LogP contribution in [0.4, 0.5) is 17.1 Å². The lowest BCUT2D eigenvalue weighted by atomic mass is 9.73. The van der Waals surface area contributed by atoms with Crippen molar-refractivity contribution in [3.05, 3.63) is 100 Å². The molecular formula is C29H25N3O7. The summed E-state index contributed by atoms with van der Waals surface area (Å²) in [6.45, 7) is -0.599. The van der Waals surface area contributed by atoms with Crippen molar-refractivity contribution < 1.29 is 28.8 Å². The Morgan fingerprint density at radius 2 is 1.64 bits per heavy atom.